The van der Waals surface area contributed by atoms with Gasteiger partial charge in [-0.1, -0.05) is 45.0 Å². The molecule has 2 aromatic carbocycles. The number of aromatic hydroxyl groups is 1. The standard InChI is InChI=1S/C18H22O/c1-4-13-10-16(11-14(5-2)18(13)6-3)15-8-7-9-17(19)12-15/h7-12,19H,4-6H2,1-3H3. The number of benzene rings is 2. The summed E-state index contributed by atoms with van der Waals surface area (Å²) in [5.41, 5.74) is 6.66. The van der Waals surface area contributed by atoms with Gasteiger partial charge in [-0.15, -0.1) is 0 Å². The molecule has 2 aromatic rings. The predicted molar refractivity (Wildman–Crippen MR) is 81.7 cm³/mol. The fraction of sp³-hybridized carbons (Fsp3) is 0.333. The monoisotopic (exact) mass is 254 g/mol. The van der Waals surface area contributed by atoms with Crippen molar-refractivity contribution in [3.63, 3.8) is 0 Å². The van der Waals surface area contributed by atoms with Crippen molar-refractivity contribution in [2.45, 2.75) is 40.0 Å². The number of phenolic OH excluding ortho intramolecular Hbond substituents is 1. The van der Waals surface area contributed by atoms with Crippen LogP contribution in [0.4, 0.5) is 0 Å². The Labute approximate surface area is 115 Å². The summed E-state index contributed by atoms with van der Waals surface area (Å²) in [7, 11) is 0. The van der Waals surface area contributed by atoms with Gasteiger partial charge in [0.2, 0.25) is 0 Å². The summed E-state index contributed by atoms with van der Waals surface area (Å²) in [5.74, 6) is 0.327. The van der Waals surface area contributed by atoms with Gasteiger partial charge in [0, 0.05) is 0 Å². The highest BCUT2D eigenvalue weighted by atomic mass is 16.3. The van der Waals surface area contributed by atoms with Crippen molar-refractivity contribution in [1.29, 1.82) is 0 Å². The molecule has 0 unspecified atom stereocenters. The SMILES string of the molecule is CCc1cc(-c2cccc(O)c2)cc(CC)c1CC. The molecule has 0 atom stereocenters. The van der Waals surface area contributed by atoms with Crippen LogP contribution in [-0.2, 0) is 19.3 Å². The van der Waals surface area contributed by atoms with E-state index in [-0.39, 0.29) is 0 Å². The molecule has 19 heavy (non-hydrogen) atoms. The Hall–Kier alpha value is -1.76. The van der Waals surface area contributed by atoms with Gasteiger partial charge in [0.15, 0.2) is 0 Å². The van der Waals surface area contributed by atoms with Crippen molar-refractivity contribution in [3.8, 4) is 16.9 Å². The fourth-order valence-corrected chi connectivity index (χ4v) is 2.73. The van der Waals surface area contributed by atoms with Crippen molar-refractivity contribution in [3.05, 3.63) is 53.1 Å². The zero-order chi connectivity index (χ0) is 13.8. The summed E-state index contributed by atoms with van der Waals surface area (Å²) < 4.78 is 0. The largest absolute Gasteiger partial charge is 0.508 e. The molecule has 0 fully saturated rings. The van der Waals surface area contributed by atoms with Crippen LogP contribution < -0.4 is 0 Å². The Morgan fingerprint density at radius 3 is 1.89 bits per heavy atom. The highest BCUT2D eigenvalue weighted by Crippen LogP contribution is 2.29. The summed E-state index contributed by atoms with van der Waals surface area (Å²) >= 11 is 0. The highest BCUT2D eigenvalue weighted by molar-refractivity contribution is 5.67. The van der Waals surface area contributed by atoms with E-state index in [2.05, 4.69) is 39.0 Å². The van der Waals surface area contributed by atoms with Crippen LogP contribution in [0.25, 0.3) is 11.1 Å². The first kappa shape index (κ1) is 13.7. The van der Waals surface area contributed by atoms with E-state index in [0.717, 1.165) is 24.8 Å². The third-order valence-electron chi connectivity index (χ3n) is 3.73. The molecular formula is C18H22O. The van der Waals surface area contributed by atoms with Crippen molar-refractivity contribution >= 4 is 0 Å². The molecule has 0 saturated carbocycles. The van der Waals surface area contributed by atoms with Crippen LogP contribution >= 0.6 is 0 Å². The normalized spacial score (nSPS) is 10.7. The van der Waals surface area contributed by atoms with Gasteiger partial charge in [0.1, 0.15) is 5.75 Å². The van der Waals surface area contributed by atoms with Gasteiger partial charge in [-0.05, 0) is 59.2 Å². The topological polar surface area (TPSA) is 20.2 Å². The van der Waals surface area contributed by atoms with Crippen LogP contribution in [0.5, 0.6) is 5.75 Å². The zero-order valence-corrected chi connectivity index (χ0v) is 12.0. The summed E-state index contributed by atoms with van der Waals surface area (Å²) in [6.07, 6.45) is 3.21. The van der Waals surface area contributed by atoms with E-state index in [1.54, 1.807) is 6.07 Å². The maximum absolute atomic E-state index is 9.63. The van der Waals surface area contributed by atoms with Gasteiger partial charge in [-0.25, -0.2) is 0 Å². The average molecular weight is 254 g/mol. The van der Waals surface area contributed by atoms with E-state index >= 15 is 0 Å². The lowest BCUT2D eigenvalue weighted by Crippen LogP contribution is -1.99. The minimum absolute atomic E-state index is 0.327. The van der Waals surface area contributed by atoms with E-state index in [1.807, 2.05) is 12.1 Å². The first-order valence-corrected chi connectivity index (χ1v) is 7.13. The number of rotatable bonds is 4. The molecule has 0 aliphatic carbocycles. The van der Waals surface area contributed by atoms with E-state index in [9.17, 15) is 5.11 Å². The third-order valence-corrected chi connectivity index (χ3v) is 3.73. The molecule has 0 amide bonds. The number of hydrogen-bond donors (Lipinski definition) is 1. The molecule has 0 bridgehead atoms. The maximum atomic E-state index is 9.63. The van der Waals surface area contributed by atoms with E-state index < -0.39 is 0 Å². The van der Waals surface area contributed by atoms with Crippen molar-refractivity contribution < 1.29 is 5.11 Å². The van der Waals surface area contributed by atoms with Gasteiger partial charge in [-0.3, -0.25) is 0 Å². The van der Waals surface area contributed by atoms with Gasteiger partial charge < -0.3 is 5.11 Å². The Bertz CT molecular complexity index is 545. The Kier molecular flexibility index (Phi) is 4.26. The summed E-state index contributed by atoms with van der Waals surface area (Å²) in [6, 6.07) is 12.0. The van der Waals surface area contributed by atoms with Crippen LogP contribution in [0, 0.1) is 0 Å². The highest BCUT2D eigenvalue weighted by Gasteiger charge is 2.09. The quantitative estimate of drug-likeness (QED) is 0.835. The molecule has 1 heteroatoms. The smallest absolute Gasteiger partial charge is 0.116 e. The molecule has 0 radical (unpaired) electrons. The summed E-state index contributed by atoms with van der Waals surface area (Å²) in [4.78, 5) is 0. The Morgan fingerprint density at radius 2 is 1.42 bits per heavy atom. The molecule has 0 heterocycles. The van der Waals surface area contributed by atoms with Crippen LogP contribution in [0.2, 0.25) is 0 Å². The Balaban J connectivity index is 2.59. The van der Waals surface area contributed by atoms with Crippen molar-refractivity contribution in [1.82, 2.24) is 0 Å². The molecule has 100 valence electrons. The van der Waals surface area contributed by atoms with Crippen LogP contribution in [0.3, 0.4) is 0 Å². The van der Waals surface area contributed by atoms with Gasteiger partial charge in [-0.2, -0.15) is 0 Å². The van der Waals surface area contributed by atoms with Gasteiger partial charge >= 0.3 is 0 Å². The second kappa shape index (κ2) is 5.92. The fourth-order valence-electron chi connectivity index (χ4n) is 2.73. The van der Waals surface area contributed by atoms with Gasteiger partial charge in [0.25, 0.3) is 0 Å². The Morgan fingerprint density at radius 1 is 0.789 bits per heavy atom. The lowest BCUT2D eigenvalue weighted by atomic mass is 9.91. The second-order valence-corrected chi connectivity index (χ2v) is 4.88. The molecule has 1 N–H and O–H groups in total. The molecule has 0 aliphatic rings. The number of aryl methyl sites for hydroxylation is 2. The van der Waals surface area contributed by atoms with E-state index in [1.165, 1.54) is 22.3 Å². The van der Waals surface area contributed by atoms with E-state index in [4.69, 9.17) is 0 Å². The lowest BCUT2D eigenvalue weighted by Gasteiger charge is -2.15. The second-order valence-electron chi connectivity index (χ2n) is 4.88. The van der Waals surface area contributed by atoms with Crippen molar-refractivity contribution in [2.75, 3.05) is 0 Å². The molecule has 0 aliphatic heterocycles. The maximum Gasteiger partial charge on any atom is 0.116 e. The lowest BCUT2D eigenvalue weighted by molar-refractivity contribution is 0.475. The molecule has 0 aromatic heterocycles. The molecule has 1 nitrogen and oxygen atoms in total. The van der Waals surface area contributed by atoms with Gasteiger partial charge in [0.05, 0.1) is 0 Å². The minimum Gasteiger partial charge on any atom is -0.508 e. The molecule has 0 saturated heterocycles. The van der Waals surface area contributed by atoms with Crippen LogP contribution in [0.1, 0.15) is 37.5 Å². The molecular weight excluding hydrogens is 232 g/mol. The van der Waals surface area contributed by atoms with Crippen LogP contribution in [0.15, 0.2) is 36.4 Å². The zero-order valence-electron chi connectivity index (χ0n) is 12.0. The summed E-state index contributed by atoms with van der Waals surface area (Å²) in [5, 5.41) is 9.63. The first-order chi connectivity index (χ1) is 9.19. The molecule has 2 rings (SSSR count). The summed E-state index contributed by atoms with van der Waals surface area (Å²) in [6.45, 7) is 6.64. The van der Waals surface area contributed by atoms with Crippen molar-refractivity contribution in [2.24, 2.45) is 0 Å². The number of phenols is 1. The minimum atomic E-state index is 0.327. The molecule has 0 spiro atoms. The average Bonchev–Trinajstić information content (AvgIpc) is 2.45. The third kappa shape index (κ3) is 2.81. The predicted octanol–water partition coefficient (Wildman–Crippen LogP) is 4.75. The van der Waals surface area contributed by atoms with E-state index in [0.29, 0.717) is 5.75 Å². The van der Waals surface area contributed by atoms with Crippen LogP contribution in [-0.4, -0.2) is 5.11 Å². The first-order valence-electron chi connectivity index (χ1n) is 7.13. The number of hydrogen-bond acceptors (Lipinski definition) is 1.